The van der Waals surface area contributed by atoms with Crippen molar-refractivity contribution in [1.82, 2.24) is 0 Å². The number of methoxy groups -OCH3 is 1. The van der Waals surface area contributed by atoms with E-state index in [0.717, 1.165) is 11.7 Å². The van der Waals surface area contributed by atoms with Gasteiger partial charge < -0.3 is 4.74 Å². The smallest absolute Gasteiger partial charge is 0.122 e. The van der Waals surface area contributed by atoms with Crippen molar-refractivity contribution in [1.29, 1.82) is 0 Å². The molecular weight excluding hydrogens is 172 g/mol. The van der Waals surface area contributed by atoms with Crippen molar-refractivity contribution in [3.05, 3.63) is 36.2 Å². The SMILES string of the molecule is [CH2]C(C)c1cccc(OC)c1C1CC1. The van der Waals surface area contributed by atoms with Gasteiger partial charge in [0, 0.05) is 5.56 Å². The first kappa shape index (κ1) is 9.57. The van der Waals surface area contributed by atoms with Gasteiger partial charge in [0.05, 0.1) is 7.11 Å². The van der Waals surface area contributed by atoms with Gasteiger partial charge in [-0.15, -0.1) is 0 Å². The van der Waals surface area contributed by atoms with E-state index >= 15 is 0 Å². The first-order valence-electron chi connectivity index (χ1n) is 5.24. The Labute approximate surface area is 86.1 Å². The van der Waals surface area contributed by atoms with Gasteiger partial charge in [0.25, 0.3) is 0 Å². The number of benzene rings is 1. The number of hydrogen-bond acceptors (Lipinski definition) is 1. The van der Waals surface area contributed by atoms with Crippen molar-refractivity contribution in [2.24, 2.45) is 0 Å². The maximum atomic E-state index is 5.41. The molecule has 1 aliphatic rings. The fraction of sp³-hybridized carbons (Fsp3) is 0.462. The van der Waals surface area contributed by atoms with Crippen LogP contribution in [0, 0.1) is 6.92 Å². The van der Waals surface area contributed by atoms with E-state index in [4.69, 9.17) is 4.74 Å². The lowest BCUT2D eigenvalue weighted by Crippen LogP contribution is -1.98. The lowest BCUT2D eigenvalue weighted by molar-refractivity contribution is 0.409. The summed E-state index contributed by atoms with van der Waals surface area (Å²) >= 11 is 0. The summed E-state index contributed by atoms with van der Waals surface area (Å²) in [6.45, 7) is 6.24. The van der Waals surface area contributed by atoms with Crippen molar-refractivity contribution in [3.8, 4) is 5.75 Å². The fourth-order valence-corrected chi connectivity index (χ4v) is 1.98. The molecule has 1 radical (unpaired) electrons. The van der Waals surface area contributed by atoms with Crippen LogP contribution in [0.1, 0.15) is 42.7 Å². The average Bonchev–Trinajstić information content (AvgIpc) is 2.99. The Morgan fingerprint density at radius 3 is 2.64 bits per heavy atom. The molecule has 1 aliphatic carbocycles. The van der Waals surface area contributed by atoms with Crippen LogP contribution in [0.2, 0.25) is 0 Å². The molecule has 2 rings (SSSR count). The first-order valence-corrected chi connectivity index (χ1v) is 5.24. The maximum absolute atomic E-state index is 5.41. The van der Waals surface area contributed by atoms with Crippen molar-refractivity contribution in [2.45, 2.75) is 31.6 Å². The van der Waals surface area contributed by atoms with E-state index < -0.39 is 0 Å². The number of hydrogen-bond donors (Lipinski definition) is 0. The molecule has 1 fully saturated rings. The molecule has 1 atom stereocenters. The van der Waals surface area contributed by atoms with Gasteiger partial charge in [-0.2, -0.15) is 0 Å². The summed E-state index contributed by atoms with van der Waals surface area (Å²) in [7, 11) is 1.75. The summed E-state index contributed by atoms with van der Waals surface area (Å²) in [5.74, 6) is 2.12. The fourth-order valence-electron chi connectivity index (χ4n) is 1.98. The Morgan fingerprint density at radius 2 is 2.14 bits per heavy atom. The molecule has 0 aromatic heterocycles. The second-order valence-corrected chi connectivity index (χ2v) is 4.14. The van der Waals surface area contributed by atoms with E-state index in [-0.39, 0.29) is 0 Å². The van der Waals surface area contributed by atoms with Crippen molar-refractivity contribution >= 4 is 0 Å². The molecule has 1 heteroatoms. The van der Waals surface area contributed by atoms with Crippen LogP contribution in [-0.4, -0.2) is 7.11 Å². The van der Waals surface area contributed by atoms with Crippen LogP contribution in [0.15, 0.2) is 18.2 Å². The van der Waals surface area contributed by atoms with Crippen molar-refractivity contribution < 1.29 is 4.74 Å². The second kappa shape index (κ2) is 3.64. The maximum Gasteiger partial charge on any atom is 0.122 e. The molecule has 0 aliphatic heterocycles. The molecule has 75 valence electrons. The molecule has 0 spiro atoms. The van der Waals surface area contributed by atoms with Gasteiger partial charge >= 0.3 is 0 Å². The molecule has 0 heterocycles. The average molecular weight is 189 g/mol. The Kier molecular flexibility index (Phi) is 2.49. The van der Waals surface area contributed by atoms with E-state index in [9.17, 15) is 0 Å². The lowest BCUT2D eigenvalue weighted by Gasteiger charge is -2.15. The Bertz CT molecular complexity index is 324. The normalized spacial score (nSPS) is 16.0. The Hall–Kier alpha value is -0.980. The number of ether oxygens (including phenoxy) is 1. The minimum atomic E-state index is 0.348. The van der Waals surface area contributed by atoms with Crippen LogP contribution >= 0.6 is 0 Å². The molecule has 1 saturated carbocycles. The highest BCUT2D eigenvalue weighted by molar-refractivity contribution is 5.46. The van der Waals surface area contributed by atoms with Crippen LogP contribution < -0.4 is 4.74 Å². The Morgan fingerprint density at radius 1 is 1.43 bits per heavy atom. The largest absolute Gasteiger partial charge is 0.496 e. The summed E-state index contributed by atoms with van der Waals surface area (Å²) < 4.78 is 5.41. The summed E-state index contributed by atoms with van der Waals surface area (Å²) in [6.07, 6.45) is 2.61. The highest BCUT2D eigenvalue weighted by Crippen LogP contribution is 2.47. The van der Waals surface area contributed by atoms with E-state index in [2.05, 4.69) is 32.0 Å². The van der Waals surface area contributed by atoms with Crippen molar-refractivity contribution in [3.63, 3.8) is 0 Å². The molecular formula is C13H17O. The quantitative estimate of drug-likeness (QED) is 0.707. The molecule has 0 bridgehead atoms. The van der Waals surface area contributed by atoms with Gasteiger partial charge in [-0.3, -0.25) is 0 Å². The predicted molar refractivity (Wildman–Crippen MR) is 58.7 cm³/mol. The third kappa shape index (κ3) is 1.63. The minimum absolute atomic E-state index is 0.348. The molecule has 14 heavy (non-hydrogen) atoms. The van der Waals surface area contributed by atoms with E-state index in [1.165, 1.54) is 24.0 Å². The van der Waals surface area contributed by atoms with Crippen LogP contribution in [0.3, 0.4) is 0 Å². The molecule has 0 N–H and O–H groups in total. The highest BCUT2D eigenvalue weighted by Gasteiger charge is 2.29. The Balaban J connectivity index is 2.47. The minimum Gasteiger partial charge on any atom is -0.496 e. The summed E-state index contributed by atoms with van der Waals surface area (Å²) in [5, 5.41) is 0. The van der Waals surface area contributed by atoms with E-state index in [1.54, 1.807) is 7.11 Å². The zero-order valence-corrected chi connectivity index (χ0v) is 8.92. The monoisotopic (exact) mass is 189 g/mol. The molecule has 1 unspecified atom stereocenters. The first-order chi connectivity index (χ1) is 6.74. The third-order valence-corrected chi connectivity index (χ3v) is 2.84. The second-order valence-electron chi connectivity index (χ2n) is 4.14. The molecule has 0 saturated heterocycles. The third-order valence-electron chi connectivity index (χ3n) is 2.84. The van der Waals surface area contributed by atoms with Crippen LogP contribution in [0.25, 0.3) is 0 Å². The summed E-state index contributed by atoms with van der Waals surface area (Å²) in [4.78, 5) is 0. The zero-order chi connectivity index (χ0) is 10.1. The van der Waals surface area contributed by atoms with E-state index in [1.807, 2.05) is 0 Å². The molecule has 1 aromatic carbocycles. The topological polar surface area (TPSA) is 9.23 Å². The highest BCUT2D eigenvalue weighted by atomic mass is 16.5. The standard InChI is InChI=1S/C13H17O/c1-9(2)11-5-4-6-12(14-3)13(11)10-7-8-10/h4-6,9-10H,1,7-8H2,2-3H3. The number of rotatable bonds is 3. The van der Waals surface area contributed by atoms with Gasteiger partial charge in [-0.05, 0) is 43.2 Å². The van der Waals surface area contributed by atoms with Crippen LogP contribution in [0.5, 0.6) is 5.75 Å². The van der Waals surface area contributed by atoms with E-state index in [0.29, 0.717) is 5.92 Å². The van der Waals surface area contributed by atoms with Crippen molar-refractivity contribution in [2.75, 3.05) is 7.11 Å². The molecule has 1 aromatic rings. The molecule has 1 nitrogen and oxygen atoms in total. The summed E-state index contributed by atoms with van der Waals surface area (Å²) in [5.41, 5.74) is 2.75. The lowest BCUT2D eigenvalue weighted by atomic mass is 9.94. The summed E-state index contributed by atoms with van der Waals surface area (Å²) in [6, 6.07) is 6.29. The van der Waals surface area contributed by atoms with Gasteiger partial charge in [0.15, 0.2) is 0 Å². The predicted octanol–water partition coefficient (Wildman–Crippen LogP) is 3.51. The molecule has 0 amide bonds. The van der Waals surface area contributed by atoms with Crippen LogP contribution in [-0.2, 0) is 0 Å². The van der Waals surface area contributed by atoms with Gasteiger partial charge in [-0.1, -0.05) is 19.1 Å². The zero-order valence-electron chi connectivity index (χ0n) is 8.92. The van der Waals surface area contributed by atoms with Crippen LogP contribution in [0.4, 0.5) is 0 Å². The van der Waals surface area contributed by atoms with Gasteiger partial charge in [0.1, 0.15) is 5.75 Å². The van der Waals surface area contributed by atoms with Gasteiger partial charge in [0.2, 0.25) is 0 Å². The van der Waals surface area contributed by atoms with Gasteiger partial charge in [-0.25, -0.2) is 0 Å².